The predicted molar refractivity (Wildman–Crippen MR) is 162 cm³/mol. The summed E-state index contributed by atoms with van der Waals surface area (Å²) >= 11 is 0. The molecule has 2 saturated heterocycles. The van der Waals surface area contributed by atoms with E-state index in [0.29, 0.717) is 29.4 Å². The minimum atomic E-state index is -0.452. The Morgan fingerprint density at radius 3 is 2.71 bits per heavy atom. The van der Waals surface area contributed by atoms with Gasteiger partial charge in [-0.25, -0.2) is 14.4 Å². The molecule has 1 atom stereocenters. The molecule has 10 nitrogen and oxygen atoms in total. The molecule has 0 aliphatic carbocycles. The number of rotatable bonds is 10. The van der Waals surface area contributed by atoms with E-state index in [-0.39, 0.29) is 17.2 Å². The van der Waals surface area contributed by atoms with Gasteiger partial charge in [0.15, 0.2) is 17.3 Å². The van der Waals surface area contributed by atoms with Gasteiger partial charge in [-0.3, -0.25) is 14.5 Å². The van der Waals surface area contributed by atoms with Crippen LogP contribution in [0.2, 0.25) is 0 Å². The van der Waals surface area contributed by atoms with Crippen LogP contribution in [-0.2, 0) is 16.1 Å². The van der Waals surface area contributed by atoms with Crippen LogP contribution in [0.25, 0.3) is 0 Å². The third-order valence-corrected chi connectivity index (χ3v) is 8.21. The molecule has 1 unspecified atom stereocenters. The fourth-order valence-electron chi connectivity index (χ4n) is 6.04. The third-order valence-electron chi connectivity index (χ3n) is 8.21. The van der Waals surface area contributed by atoms with Crippen molar-refractivity contribution in [2.45, 2.75) is 33.2 Å². The second kappa shape index (κ2) is 12.3. The molecule has 2 aliphatic heterocycles. The van der Waals surface area contributed by atoms with Crippen molar-refractivity contribution in [3.05, 3.63) is 60.3 Å². The molecule has 1 aromatic heterocycles. The number of halogens is 1. The van der Waals surface area contributed by atoms with Crippen LogP contribution < -0.4 is 25.2 Å². The van der Waals surface area contributed by atoms with Gasteiger partial charge < -0.3 is 25.2 Å². The van der Waals surface area contributed by atoms with Gasteiger partial charge in [-0.15, -0.1) is 0 Å². The van der Waals surface area contributed by atoms with E-state index in [4.69, 9.17) is 4.74 Å². The first-order chi connectivity index (χ1) is 20.2. The molecular weight excluding hydrogens is 537 g/mol. The first kappa shape index (κ1) is 29.2. The van der Waals surface area contributed by atoms with E-state index in [1.54, 1.807) is 27.1 Å². The molecule has 5 rings (SSSR count). The van der Waals surface area contributed by atoms with Crippen LogP contribution in [-0.4, -0.2) is 67.5 Å². The topological polar surface area (TPSA) is 103 Å². The summed E-state index contributed by atoms with van der Waals surface area (Å²) in [5, 5.41) is 5.89. The van der Waals surface area contributed by atoms with E-state index in [9.17, 15) is 14.0 Å². The lowest BCUT2D eigenvalue weighted by molar-refractivity contribution is -0.121. The molecule has 222 valence electrons. The van der Waals surface area contributed by atoms with Crippen molar-refractivity contribution in [2.24, 2.45) is 11.3 Å². The van der Waals surface area contributed by atoms with Crippen LogP contribution in [0.15, 0.2) is 48.9 Å². The number of nitrogens with one attached hydrogen (secondary N) is 2. The summed E-state index contributed by atoms with van der Waals surface area (Å²) in [5.41, 5.74) is 3.27. The van der Waals surface area contributed by atoms with E-state index < -0.39 is 5.82 Å². The normalized spacial score (nSPS) is 18.5. The van der Waals surface area contributed by atoms with Gasteiger partial charge in [0.2, 0.25) is 12.3 Å². The molecule has 3 heterocycles. The summed E-state index contributed by atoms with van der Waals surface area (Å²) in [7, 11) is 3.46. The number of likely N-dealkylation sites (tertiary alicyclic amines) is 1. The van der Waals surface area contributed by atoms with Gasteiger partial charge in [-0.2, -0.15) is 0 Å². The molecule has 1 spiro atoms. The lowest BCUT2D eigenvalue weighted by Gasteiger charge is -2.26. The van der Waals surface area contributed by atoms with Gasteiger partial charge in [0.25, 0.3) is 0 Å². The number of anilines is 4. The number of amides is 2. The fourth-order valence-corrected chi connectivity index (χ4v) is 6.04. The van der Waals surface area contributed by atoms with Gasteiger partial charge in [0.05, 0.1) is 23.3 Å². The zero-order chi connectivity index (χ0) is 29.9. The Balaban J connectivity index is 1.30. The smallest absolute Gasteiger partial charge is 0.229 e. The van der Waals surface area contributed by atoms with Crippen molar-refractivity contribution in [3.63, 3.8) is 0 Å². The highest BCUT2D eigenvalue weighted by Gasteiger charge is 2.44. The second-order valence-electron chi connectivity index (χ2n) is 11.5. The highest BCUT2D eigenvalue weighted by molar-refractivity contribution is 5.95. The monoisotopic (exact) mass is 575 g/mol. The molecule has 2 amide bonds. The first-order valence-corrected chi connectivity index (χ1v) is 14.2. The molecule has 2 aromatic carbocycles. The summed E-state index contributed by atoms with van der Waals surface area (Å²) in [6.45, 7) is 8.01. The highest BCUT2D eigenvalue weighted by Crippen LogP contribution is 2.44. The molecule has 3 aromatic rings. The van der Waals surface area contributed by atoms with Crippen LogP contribution in [0, 0.1) is 17.2 Å². The van der Waals surface area contributed by atoms with E-state index in [1.807, 2.05) is 19.2 Å². The number of carbonyl (C=O) groups is 2. The van der Waals surface area contributed by atoms with E-state index in [0.717, 1.165) is 62.5 Å². The Morgan fingerprint density at radius 1 is 1.14 bits per heavy atom. The minimum Gasteiger partial charge on any atom is -0.450 e. The number of hydrogen-bond acceptors (Lipinski definition) is 8. The number of carbonyl (C=O) groups excluding carboxylic acids is 2. The number of nitrogens with zero attached hydrogens (tertiary/aromatic N) is 5. The maximum Gasteiger partial charge on any atom is 0.229 e. The Kier molecular flexibility index (Phi) is 8.58. The molecule has 0 bridgehead atoms. The maximum absolute atomic E-state index is 14.2. The number of aromatic nitrogens is 2. The lowest BCUT2D eigenvalue weighted by atomic mass is 9.86. The van der Waals surface area contributed by atoms with Crippen LogP contribution in [0.5, 0.6) is 11.5 Å². The van der Waals surface area contributed by atoms with Crippen LogP contribution in [0.4, 0.5) is 27.3 Å². The van der Waals surface area contributed by atoms with E-state index >= 15 is 0 Å². The second-order valence-corrected chi connectivity index (χ2v) is 11.5. The van der Waals surface area contributed by atoms with Crippen LogP contribution >= 0.6 is 0 Å². The van der Waals surface area contributed by atoms with Crippen molar-refractivity contribution in [1.82, 2.24) is 14.9 Å². The summed E-state index contributed by atoms with van der Waals surface area (Å²) in [6, 6.07) is 10.3. The van der Waals surface area contributed by atoms with Gasteiger partial charge in [-0.1, -0.05) is 19.9 Å². The average molecular weight is 576 g/mol. The van der Waals surface area contributed by atoms with Crippen molar-refractivity contribution in [2.75, 3.05) is 60.7 Å². The molecule has 11 heteroatoms. The van der Waals surface area contributed by atoms with Gasteiger partial charge >= 0.3 is 0 Å². The summed E-state index contributed by atoms with van der Waals surface area (Å²) in [5.74, 6) is 0.653. The molecule has 42 heavy (non-hydrogen) atoms. The SMILES string of the molecule is CNc1ccc(CN2CCC3(CCN(c4ncncc4Oc4ccc(F)cc4N(C)C(=O)C(C)C)C3)C2)cc1NC=O. The zero-order valence-corrected chi connectivity index (χ0v) is 24.6. The average Bonchev–Trinajstić information content (AvgIpc) is 3.59. The minimum absolute atomic E-state index is 0.127. The molecule has 2 fully saturated rings. The molecule has 0 saturated carbocycles. The number of ether oxygens (including phenoxy) is 1. The Morgan fingerprint density at radius 2 is 1.95 bits per heavy atom. The highest BCUT2D eigenvalue weighted by atomic mass is 19.1. The summed E-state index contributed by atoms with van der Waals surface area (Å²) in [6.07, 6.45) is 5.92. The molecule has 0 radical (unpaired) electrons. The van der Waals surface area contributed by atoms with Crippen molar-refractivity contribution >= 4 is 35.2 Å². The van der Waals surface area contributed by atoms with E-state index in [1.165, 1.54) is 29.4 Å². The van der Waals surface area contributed by atoms with Gasteiger partial charge in [-0.05, 0) is 49.2 Å². The fraction of sp³-hybridized carbons (Fsp3) is 0.419. The zero-order valence-electron chi connectivity index (χ0n) is 24.6. The molecule has 2 aliphatic rings. The molecule has 2 N–H and O–H groups in total. The van der Waals surface area contributed by atoms with Crippen molar-refractivity contribution in [3.8, 4) is 11.5 Å². The summed E-state index contributed by atoms with van der Waals surface area (Å²) in [4.78, 5) is 38.6. The van der Waals surface area contributed by atoms with Gasteiger partial charge in [0.1, 0.15) is 12.1 Å². The van der Waals surface area contributed by atoms with Crippen molar-refractivity contribution < 1.29 is 18.7 Å². The van der Waals surface area contributed by atoms with Crippen molar-refractivity contribution in [1.29, 1.82) is 0 Å². The lowest BCUT2D eigenvalue weighted by Crippen LogP contribution is -2.31. The quantitative estimate of drug-likeness (QED) is 0.334. The Labute approximate surface area is 245 Å². The summed E-state index contributed by atoms with van der Waals surface area (Å²) < 4.78 is 20.5. The standard InChI is InChI=1S/C31H38FN7O3/c1-21(2)30(41)37(4)26-14-23(32)6-8-27(26)42-28-15-34-19-35-29(28)39-12-10-31(18-39)9-11-38(17-31)16-22-5-7-24(33-3)25(13-22)36-20-40/h5-8,13-15,19-21,33H,9-12,16-18H2,1-4H3,(H,36,40). The Hall–Kier alpha value is -4.25. The Bertz CT molecular complexity index is 1450. The van der Waals surface area contributed by atoms with Crippen LogP contribution in [0.1, 0.15) is 32.3 Å². The van der Waals surface area contributed by atoms with E-state index in [2.05, 4.69) is 36.5 Å². The predicted octanol–water partition coefficient (Wildman–Crippen LogP) is 4.74. The molecular formula is C31H38FN7O3. The third kappa shape index (κ3) is 6.15. The van der Waals surface area contributed by atoms with Crippen LogP contribution in [0.3, 0.4) is 0 Å². The first-order valence-electron chi connectivity index (χ1n) is 14.2. The maximum atomic E-state index is 14.2. The largest absolute Gasteiger partial charge is 0.450 e. The van der Waals surface area contributed by atoms with Gasteiger partial charge in [0, 0.05) is 57.7 Å². The number of benzene rings is 2. The number of hydrogen-bond donors (Lipinski definition) is 2.